The van der Waals surface area contributed by atoms with Crippen molar-refractivity contribution >= 4 is 11.9 Å². The van der Waals surface area contributed by atoms with Crippen LogP contribution in [-0.2, 0) is 15.8 Å². The molecule has 1 unspecified atom stereocenters. The van der Waals surface area contributed by atoms with E-state index in [-0.39, 0.29) is 30.9 Å². The summed E-state index contributed by atoms with van der Waals surface area (Å²) in [6, 6.07) is 5.19. The van der Waals surface area contributed by atoms with Crippen molar-refractivity contribution in [3.05, 3.63) is 35.4 Å². The molecule has 0 heterocycles. The Balaban J connectivity index is 2.85. The first-order valence-corrected chi connectivity index (χ1v) is 7.32. The molecule has 0 aliphatic carbocycles. The van der Waals surface area contributed by atoms with Crippen molar-refractivity contribution in [1.82, 2.24) is 4.90 Å². The van der Waals surface area contributed by atoms with Gasteiger partial charge in [-0.15, -0.1) is 0 Å². The van der Waals surface area contributed by atoms with Crippen molar-refractivity contribution in [3.8, 4) is 0 Å². The fourth-order valence-corrected chi connectivity index (χ4v) is 2.38. The molecule has 0 radical (unpaired) electrons. The zero-order chi connectivity index (χ0) is 17.6. The molecule has 0 fully saturated rings. The smallest absolute Gasteiger partial charge is 0.416 e. The van der Waals surface area contributed by atoms with Gasteiger partial charge < -0.3 is 10.0 Å². The molecule has 128 valence electrons. The lowest BCUT2D eigenvalue weighted by Crippen LogP contribution is -2.33. The second-order valence-corrected chi connectivity index (χ2v) is 5.31. The summed E-state index contributed by atoms with van der Waals surface area (Å²) in [5.74, 6) is -1.98. The molecule has 1 aromatic rings. The topological polar surface area (TPSA) is 57.6 Å². The molecule has 1 N–H and O–H groups in total. The van der Waals surface area contributed by atoms with E-state index in [1.807, 2.05) is 0 Å². The van der Waals surface area contributed by atoms with Gasteiger partial charge in [-0.1, -0.05) is 25.1 Å². The van der Waals surface area contributed by atoms with Crippen molar-refractivity contribution < 1.29 is 27.9 Å². The highest BCUT2D eigenvalue weighted by Gasteiger charge is 2.34. The van der Waals surface area contributed by atoms with Crippen LogP contribution in [0.4, 0.5) is 13.2 Å². The third-order valence-electron chi connectivity index (χ3n) is 3.61. The molecule has 1 atom stereocenters. The van der Waals surface area contributed by atoms with Gasteiger partial charge in [0.2, 0.25) is 5.91 Å². The maximum absolute atomic E-state index is 13.0. The van der Waals surface area contributed by atoms with Gasteiger partial charge in [0.15, 0.2) is 0 Å². The second-order valence-electron chi connectivity index (χ2n) is 5.31. The van der Waals surface area contributed by atoms with Crippen molar-refractivity contribution in [1.29, 1.82) is 0 Å². The molecule has 0 spiro atoms. The fraction of sp³-hybridized carbons (Fsp3) is 0.500. The third-order valence-corrected chi connectivity index (χ3v) is 3.61. The standard InChI is InChI=1S/C16H20F3NO3/c1-3-20(9-8-15(22)23)14(21)10-11(2)12-6-4-5-7-13(12)16(17,18)19/h4-7,11H,3,8-10H2,1-2H3,(H,22,23). The number of rotatable bonds is 7. The zero-order valence-corrected chi connectivity index (χ0v) is 13.1. The van der Waals surface area contributed by atoms with Gasteiger partial charge in [-0.25, -0.2) is 0 Å². The summed E-state index contributed by atoms with van der Waals surface area (Å²) in [6.07, 6.45) is -4.75. The van der Waals surface area contributed by atoms with Gasteiger partial charge in [0.25, 0.3) is 0 Å². The molecule has 0 aliphatic rings. The number of benzene rings is 1. The van der Waals surface area contributed by atoms with Crippen LogP contribution in [0.15, 0.2) is 24.3 Å². The fourth-order valence-electron chi connectivity index (χ4n) is 2.38. The second kappa shape index (κ2) is 7.99. The summed E-state index contributed by atoms with van der Waals surface area (Å²) in [4.78, 5) is 24.1. The van der Waals surface area contributed by atoms with Crippen LogP contribution in [0, 0.1) is 0 Å². The average molecular weight is 331 g/mol. The number of nitrogens with zero attached hydrogens (tertiary/aromatic N) is 1. The zero-order valence-electron chi connectivity index (χ0n) is 13.1. The van der Waals surface area contributed by atoms with E-state index in [0.29, 0.717) is 6.54 Å². The summed E-state index contributed by atoms with van der Waals surface area (Å²) < 4.78 is 39.1. The van der Waals surface area contributed by atoms with Crippen LogP contribution in [0.1, 0.15) is 43.7 Å². The largest absolute Gasteiger partial charge is 0.481 e. The molecule has 1 aromatic carbocycles. The minimum Gasteiger partial charge on any atom is -0.481 e. The quantitative estimate of drug-likeness (QED) is 0.832. The Morgan fingerprint density at radius 3 is 2.39 bits per heavy atom. The van der Waals surface area contributed by atoms with Crippen LogP contribution in [0.25, 0.3) is 0 Å². The first kappa shape index (κ1) is 19.0. The number of halogens is 3. The van der Waals surface area contributed by atoms with Crippen molar-refractivity contribution in [2.75, 3.05) is 13.1 Å². The van der Waals surface area contributed by atoms with Gasteiger partial charge in [-0.05, 0) is 24.5 Å². The number of alkyl halides is 3. The van der Waals surface area contributed by atoms with Gasteiger partial charge >= 0.3 is 12.1 Å². The van der Waals surface area contributed by atoms with Crippen LogP contribution < -0.4 is 0 Å². The number of carboxylic acids is 1. The normalized spacial score (nSPS) is 12.7. The predicted octanol–water partition coefficient (Wildman–Crippen LogP) is 3.52. The van der Waals surface area contributed by atoms with E-state index in [0.717, 1.165) is 6.07 Å². The lowest BCUT2D eigenvalue weighted by Gasteiger charge is -2.23. The van der Waals surface area contributed by atoms with E-state index in [2.05, 4.69) is 0 Å². The van der Waals surface area contributed by atoms with E-state index in [4.69, 9.17) is 5.11 Å². The number of carbonyl (C=O) groups is 2. The van der Waals surface area contributed by atoms with E-state index in [1.165, 1.54) is 23.1 Å². The van der Waals surface area contributed by atoms with E-state index in [9.17, 15) is 22.8 Å². The van der Waals surface area contributed by atoms with Gasteiger partial charge in [-0.3, -0.25) is 9.59 Å². The Morgan fingerprint density at radius 2 is 1.87 bits per heavy atom. The number of hydrogen-bond acceptors (Lipinski definition) is 2. The van der Waals surface area contributed by atoms with Crippen molar-refractivity contribution in [2.45, 2.75) is 38.8 Å². The molecule has 7 heteroatoms. The predicted molar refractivity (Wildman–Crippen MR) is 79.0 cm³/mol. The molecule has 0 aromatic heterocycles. The van der Waals surface area contributed by atoms with Crippen LogP contribution in [0.2, 0.25) is 0 Å². The molecule has 1 amide bonds. The molecule has 0 bridgehead atoms. The Morgan fingerprint density at radius 1 is 1.26 bits per heavy atom. The van der Waals surface area contributed by atoms with Crippen LogP contribution in [0.5, 0.6) is 0 Å². The Bertz CT molecular complexity index is 558. The highest BCUT2D eigenvalue weighted by Crippen LogP contribution is 2.36. The molecule has 1 rings (SSSR count). The first-order chi connectivity index (χ1) is 10.7. The minimum absolute atomic E-state index is 0.0539. The van der Waals surface area contributed by atoms with E-state index < -0.39 is 23.6 Å². The number of carbonyl (C=O) groups excluding carboxylic acids is 1. The molecule has 4 nitrogen and oxygen atoms in total. The van der Waals surface area contributed by atoms with Gasteiger partial charge in [0.05, 0.1) is 12.0 Å². The number of aliphatic carboxylic acids is 1. The van der Waals surface area contributed by atoms with Gasteiger partial charge in [0.1, 0.15) is 0 Å². The highest BCUT2D eigenvalue weighted by molar-refractivity contribution is 5.78. The van der Waals surface area contributed by atoms with E-state index in [1.54, 1.807) is 13.8 Å². The summed E-state index contributed by atoms with van der Waals surface area (Å²) in [5, 5.41) is 8.66. The molecule has 0 saturated carbocycles. The van der Waals surface area contributed by atoms with Gasteiger partial charge in [-0.2, -0.15) is 13.2 Å². The molecule has 23 heavy (non-hydrogen) atoms. The maximum Gasteiger partial charge on any atom is 0.416 e. The molecular weight excluding hydrogens is 311 g/mol. The third kappa shape index (κ3) is 5.58. The Hall–Kier alpha value is -2.05. The lowest BCUT2D eigenvalue weighted by atomic mass is 9.92. The highest BCUT2D eigenvalue weighted by atomic mass is 19.4. The molecule has 0 aliphatic heterocycles. The average Bonchev–Trinajstić information content (AvgIpc) is 2.46. The Labute approximate surface area is 132 Å². The monoisotopic (exact) mass is 331 g/mol. The van der Waals surface area contributed by atoms with E-state index >= 15 is 0 Å². The van der Waals surface area contributed by atoms with Gasteiger partial charge in [0, 0.05) is 19.5 Å². The summed E-state index contributed by atoms with van der Waals surface area (Å²) in [6.45, 7) is 3.64. The number of amides is 1. The lowest BCUT2D eigenvalue weighted by molar-refractivity contribution is -0.140. The maximum atomic E-state index is 13.0. The first-order valence-electron chi connectivity index (χ1n) is 7.32. The van der Waals surface area contributed by atoms with Crippen molar-refractivity contribution in [2.24, 2.45) is 0 Å². The van der Waals surface area contributed by atoms with Crippen LogP contribution >= 0.6 is 0 Å². The van der Waals surface area contributed by atoms with Crippen molar-refractivity contribution in [3.63, 3.8) is 0 Å². The summed E-state index contributed by atoms with van der Waals surface area (Å²) in [7, 11) is 0. The number of hydrogen-bond donors (Lipinski definition) is 1. The molecular formula is C16H20F3NO3. The minimum atomic E-state index is -4.47. The summed E-state index contributed by atoms with van der Waals surface area (Å²) in [5.41, 5.74) is -0.670. The molecule has 0 saturated heterocycles. The SMILES string of the molecule is CCN(CCC(=O)O)C(=O)CC(C)c1ccccc1C(F)(F)F. The van der Waals surface area contributed by atoms with Crippen LogP contribution in [-0.4, -0.2) is 35.0 Å². The Kier molecular flexibility index (Phi) is 6.60. The summed E-state index contributed by atoms with van der Waals surface area (Å²) >= 11 is 0. The van der Waals surface area contributed by atoms with Crippen LogP contribution in [0.3, 0.4) is 0 Å². The number of carboxylic acid groups (broad SMARTS) is 1.